The van der Waals surface area contributed by atoms with Crippen LogP contribution in [0.3, 0.4) is 0 Å². The topological polar surface area (TPSA) is 107 Å². The third kappa shape index (κ3) is 3.40. The summed E-state index contributed by atoms with van der Waals surface area (Å²) in [5.74, 6) is 0. The number of nitro benzene ring substituents is 1. The number of benzene rings is 2. The summed E-state index contributed by atoms with van der Waals surface area (Å²) in [6.45, 7) is 5.78. The van der Waals surface area contributed by atoms with Crippen LogP contribution in [0.15, 0.2) is 54.9 Å². The summed E-state index contributed by atoms with van der Waals surface area (Å²) < 4.78 is 7.35. The third-order valence-electron chi connectivity index (χ3n) is 4.94. The highest BCUT2D eigenvalue weighted by Crippen LogP contribution is 2.45. The Hall–Kier alpha value is -3.42. The van der Waals surface area contributed by atoms with E-state index in [1.165, 1.54) is 12.1 Å². The highest BCUT2D eigenvalue weighted by Gasteiger charge is 2.48. The Labute approximate surface area is 161 Å². The van der Waals surface area contributed by atoms with E-state index >= 15 is 0 Å². The maximum absolute atomic E-state index is 11.6. The predicted octanol–water partition coefficient (Wildman–Crippen LogP) is 4.58. The number of hydrogen-bond acceptors (Lipinski definition) is 5. The molecule has 8 nitrogen and oxygen atoms in total. The molecule has 0 bridgehead atoms. The van der Waals surface area contributed by atoms with Crippen molar-refractivity contribution >= 4 is 22.9 Å². The molecule has 3 aromatic rings. The van der Waals surface area contributed by atoms with Crippen LogP contribution < -0.4 is 0 Å². The lowest BCUT2D eigenvalue weighted by Crippen LogP contribution is -2.47. The molecule has 0 amide bonds. The zero-order valence-electron chi connectivity index (χ0n) is 15.8. The number of carbonyl (C=O) groups is 1. The van der Waals surface area contributed by atoms with E-state index in [0.29, 0.717) is 5.56 Å². The number of para-hydroxylation sites is 2. The minimum absolute atomic E-state index is 0.0741. The molecule has 0 saturated carbocycles. The number of hydrogen-bond donors (Lipinski definition) is 1. The molecule has 28 heavy (non-hydrogen) atoms. The van der Waals surface area contributed by atoms with Gasteiger partial charge in [0.1, 0.15) is 0 Å². The molecule has 3 rings (SSSR count). The van der Waals surface area contributed by atoms with E-state index < -0.39 is 22.1 Å². The number of non-ortho nitro benzene ring substituents is 1. The van der Waals surface area contributed by atoms with Crippen LogP contribution in [-0.4, -0.2) is 25.7 Å². The van der Waals surface area contributed by atoms with Gasteiger partial charge < -0.3 is 14.4 Å². The zero-order valence-corrected chi connectivity index (χ0v) is 15.8. The van der Waals surface area contributed by atoms with E-state index in [-0.39, 0.29) is 12.2 Å². The van der Waals surface area contributed by atoms with Gasteiger partial charge in [-0.3, -0.25) is 10.1 Å². The molecule has 1 heterocycles. The first-order chi connectivity index (χ1) is 13.1. The van der Waals surface area contributed by atoms with Gasteiger partial charge in [0.25, 0.3) is 5.69 Å². The van der Waals surface area contributed by atoms with E-state index in [1.807, 2.05) is 49.6 Å². The second-order valence-corrected chi connectivity index (χ2v) is 7.61. The number of ether oxygens (including phenoxy) is 1. The quantitative estimate of drug-likeness (QED) is 0.392. The van der Waals surface area contributed by atoms with E-state index in [4.69, 9.17) is 4.74 Å². The number of rotatable bonds is 5. The molecule has 0 aliphatic heterocycles. The average Bonchev–Trinajstić information content (AvgIpc) is 3.03. The highest BCUT2D eigenvalue weighted by molar-refractivity contribution is 5.75. The lowest BCUT2D eigenvalue weighted by Gasteiger charge is -2.43. The van der Waals surface area contributed by atoms with Gasteiger partial charge in [0.15, 0.2) is 5.60 Å². The van der Waals surface area contributed by atoms with Crippen molar-refractivity contribution in [1.82, 2.24) is 9.55 Å². The van der Waals surface area contributed by atoms with Gasteiger partial charge in [-0.2, -0.15) is 0 Å². The fraction of sp³-hybridized carbons (Fsp3) is 0.300. The van der Waals surface area contributed by atoms with Gasteiger partial charge in [-0.1, -0.05) is 32.9 Å². The van der Waals surface area contributed by atoms with Gasteiger partial charge in [-0.05, 0) is 29.8 Å². The first kappa shape index (κ1) is 19.3. The van der Waals surface area contributed by atoms with Crippen LogP contribution in [0.1, 0.15) is 26.3 Å². The first-order valence-corrected chi connectivity index (χ1v) is 8.71. The number of aromatic nitrogens is 2. The molecule has 0 saturated heterocycles. The summed E-state index contributed by atoms with van der Waals surface area (Å²) in [7, 11) is 0. The zero-order chi connectivity index (χ0) is 20.5. The van der Waals surface area contributed by atoms with Crippen molar-refractivity contribution in [2.45, 2.75) is 32.9 Å². The molecule has 146 valence electrons. The molecular formula is C20H21N3O5. The van der Waals surface area contributed by atoms with Gasteiger partial charge in [0.2, 0.25) is 0 Å². The second-order valence-electron chi connectivity index (χ2n) is 7.61. The summed E-state index contributed by atoms with van der Waals surface area (Å²) in [6, 6.07) is 13.3. The van der Waals surface area contributed by atoms with E-state index in [1.54, 1.807) is 18.5 Å². The summed E-state index contributed by atoms with van der Waals surface area (Å²) in [5, 5.41) is 20.5. The van der Waals surface area contributed by atoms with Crippen molar-refractivity contribution in [1.29, 1.82) is 0 Å². The molecule has 0 fully saturated rings. The molecule has 1 unspecified atom stereocenters. The smallest absolute Gasteiger partial charge is 0.450 e. The fourth-order valence-electron chi connectivity index (χ4n) is 3.38. The number of fused-ring (bicyclic) bond motifs is 1. The standard InChI is InChI=1S/C20H21N3O5/c1-19(2,3)20(28-18(24)25,14-8-10-15(11-9-14)23(26)27)12-22-13-21-16-6-4-5-7-17(16)22/h4-11,13H,12H2,1-3H3,(H,24,25). The van der Waals surface area contributed by atoms with Crippen molar-refractivity contribution in [3.63, 3.8) is 0 Å². The Morgan fingerprint density at radius 1 is 1.18 bits per heavy atom. The fourth-order valence-corrected chi connectivity index (χ4v) is 3.38. The molecule has 8 heteroatoms. The molecule has 1 atom stereocenters. The minimum atomic E-state index is -1.42. The van der Waals surface area contributed by atoms with Gasteiger partial charge in [-0.25, -0.2) is 9.78 Å². The molecule has 0 radical (unpaired) electrons. The van der Waals surface area contributed by atoms with Crippen LogP contribution in [0.2, 0.25) is 0 Å². The monoisotopic (exact) mass is 383 g/mol. The van der Waals surface area contributed by atoms with Crippen molar-refractivity contribution in [3.8, 4) is 0 Å². The Morgan fingerprint density at radius 2 is 1.82 bits per heavy atom. The van der Waals surface area contributed by atoms with Gasteiger partial charge in [-0.15, -0.1) is 0 Å². The molecule has 1 N–H and O–H groups in total. The van der Waals surface area contributed by atoms with Crippen LogP contribution in [-0.2, 0) is 16.9 Å². The van der Waals surface area contributed by atoms with Crippen LogP contribution in [0, 0.1) is 15.5 Å². The van der Waals surface area contributed by atoms with E-state index in [0.717, 1.165) is 11.0 Å². The SMILES string of the molecule is CC(C)(C)C(Cn1cnc2ccccc21)(OC(=O)O)c1ccc([N+](=O)[O-])cc1. The summed E-state index contributed by atoms with van der Waals surface area (Å²) in [4.78, 5) is 26.5. The number of nitro groups is 1. The van der Waals surface area contributed by atoms with Crippen LogP contribution in [0.5, 0.6) is 0 Å². The van der Waals surface area contributed by atoms with Crippen LogP contribution >= 0.6 is 0 Å². The van der Waals surface area contributed by atoms with Crippen molar-refractivity contribution in [2.75, 3.05) is 0 Å². The Kier molecular flexibility index (Phi) is 4.80. The van der Waals surface area contributed by atoms with Gasteiger partial charge >= 0.3 is 6.16 Å². The first-order valence-electron chi connectivity index (χ1n) is 8.71. The third-order valence-corrected chi connectivity index (χ3v) is 4.94. The maximum atomic E-state index is 11.6. The maximum Gasteiger partial charge on any atom is 0.506 e. The van der Waals surface area contributed by atoms with Gasteiger partial charge in [0.05, 0.1) is 28.8 Å². The largest absolute Gasteiger partial charge is 0.506 e. The molecular weight excluding hydrogens is 362 g/mol. The molecule has 0 aliphatic rings. The normalized spacial score (nSPS) is 13.8. The average molecular weight is 383 g/mol. The number of carboxylic acid groups (broad SMARTS) is 1. The van der Waals surface area contributed by atoms with Gasteiger partial charge in [0, 0.05) is 17.5 Å². The van der Waals surface area contributed by atoms with E-state index in [9.17, 15) is 20.0 Å². The van der Waals surface area contributed by atoms with Crippen molar-refractivity contribution in [2.24, 2.45) is 5.41 Å². The lowest BCUT2D eigenvalue weighted by atomic mass is 9.71. The number of imidazole rings is 1. The van der Waals surface area contributed by atoms with E-state index in [2.05, 4.69) is 4.98 Å². The van der Waals surface area contributed by atoms with Crippen LogP contribution in [0.4, 0.5) is 10.5 Å². The van der Waals surface area contributed by atoms with Crippen LogP contribution in [0.25, 0.3) is 11.0 Å². The number of nitrogens with zero attached hydrogens (tertiary/aromatic N) is 3. The Bertz CT molecular complexity index is 1020. The van der Waals surface area contributed by atoms with Crippen molar-refractivity contribution < 1.29 is 19.6 Å². The molecule has 0 aliphatic carbocycles. The summed E-state index contributed by atoms with van der Waals surface area (Å²) in [5.41, 5.74) is 0.127. The lowest BCUT2D eigenvalue weighted by molar-refractivity contribution is -0.384. The summed E-state index contributed by atoms with van der Waals surface area (Å²) >= 11 is 0. The molecule has 1 aromatic heterocycles. The van der Waals surface area contributed by atoms with Crippen molar-refractivity contribution in [3.05, 3.63) is 70.5 Å². The Balaban J connectivity index is 2.17. The Morgan fingerprint density at radius 3 is 2.39 bits per heavy atom. The second kappa shape index (κ2) is 6.95. The minimum Gasteiger partial charge on any atom is -0.450 e. The summed E-state index contributed by atoms with van der Waals surface area (Å²) in [6.07, 6.45) is 0.222. The molecule has 2 aromatic carbocycles. The predicted molar refractivity (Wildman–Crippen MR) is 103 cm³/mol. The molecule has 0 spiro atoms. The highest BCUT2D eigenvalue weighted by atomic mass is 16.7.